The van der Waals surface area contributed by atoms with Gasteiger partial charge in [0.25, 0.3) is 0 Å². The number of nitrogens with one attached hydrogen (secondary N) is 2. The van der Waals surface area contributed by atoms with Gasteiger partial charge in [-0.2, -0.15) is 11.8 Å². The average Bonchev–Trinajstić information content (AvgIpc) is 3.30. The molecule has 1 aromatic carbocycles. The maximum absolute atomic E-state index is 4.41. The molecule has 0 bridgehead atoms. The van der Waals surface area contributed by atoms with Crippen molar-refractivity contribution in [1.29, 1.82) is 0 Å². The van der Waals surface area contributed by atoms with Crippen molar-refractivity contribution >= 4 is 41.7 Å². The minimum Gasteiger partial charge on any atom is -0.356 e. The van der Waals surface area contributed by atoms with Crippen LogP contribution in [0.2, 0.25) is 0 Å². The summed E-state index contributed by atoms with van der Waals surface area (Å²) >= 11 is 2.09. The summed E-state index contributed by atoms with van der Waals surface area (Å²) in [5.74, 6) is 2.98. The van der Waals surface area contributed by atoms with Gasteiger partial charge in [0.05, 0.1) is 0 Å². The van der Waals surface area contributed by atoms with E-state index < -0.39 is 0 Å². The molecule has 2 aliphatic rings. The summed E-state index contributed by atoms with van der Waals surface area (Å²) < 4.78 is 0.374. The Labute approximate surface area is 186 Å². The highest BCUT2D eigenvalue weighted by molar-refractivity contribution is 14.0. The molecule has 4 nitrogen and oxygen atoms in total. The van der Waals surface area contributed by atoms with E-state index in [0.29, 0.717) is 4.75 Å². The third-order valence-corrected chi connectivity index (χ3v) is 7.18. The Bertz CT molecular complexity index is 575. The van der Waals surface area contributed by atoms with Crippen molar-refractivity contribution in [3.63, 3.8) is 0 Å². The average molecular weight is 503 g/mol. The van der Waals surface area contributed by atoms with Crippen molar-refractivity contribution in [3.05, 3.63) is 35.9 Å². The van der Waals surface area contributed by atoms with Gasteiger partial charge < -0.3 is 15.5 Å². The monoisotopic (exact) mass is 502 g/mol. The van der Waals surface area contributed by atoms with Crippen LogP contribution in [0.15, 0.2) is 35.3 Å². The number of likely N-dealkylation sites (tertiary alicyclic amines) is 1. The quantitative estimate of drug-likeness (QED) is 0.340. The van der Waals surface area contributed by atoms with Crippen LogP contribution in [0.3, 0.4) is 0 Å². The number of halogens is 1. The number of thioether (sulfide) groups is 1. The largest absolute Gasteiger partial charge is 0.356 e. The number of aliphatic imine (C=N–C) groups is 1. The molecular formula is C21H35IN4S. The first-order valence-corrected chi connectivity index (χ1v) is 11.0. The van der Waals surface area contributed by atoms with Crippen molar-refractivity contribution in [1.82, 2.24) is 15.5 Å². The van der Waals surface area contributed by atoms with Gasteiger partial charge in [-0.15, -0.1) is 24.0 Å². The SMILES string of the molecule is CN=C(NCC1CCN(CCc2ccccc2)C1)NCC1(C)CCCS1.I. The van der Waals surface area contributed by atoms with Gasteiger partial charge in [0, 0.05) is 38.0 Å². The summed E-state index contributed by atoms with van der Waals surface area (Å²) in [6.07, 6.45) is 5.09. The highest BCUT2D eigenvalue weighted by Crippen LogP contribution is 2.36. The molecule has 2 heterocycles. The molecular weight excluding hydrogens is 467 g/mol. The molecule has 2 aliphatic heterocycles. The summed E-state index contributed by atoms with van der Waals surface area (Å²) in [4.78, 5) is 7.01. The Morgan fingerprint density at radius 1 is 1.30 bits per heavy atom. The summed E-state index contributed by atoms with van der Waals surface area (Å²) in [5.41, 5.74) is 1.44. The van der Waals surface area contributed by atoms with Crippen LogP contribution < -0.4 is 10.6 Å². The lowest BCUT2D eigenvalue weighted by atomic mass is 10.1. The lowest BCUT2D eigenvalue weighted by Crippen LogP contribution is -2.45. The zero-order valence-corrected chi connectivity index (χ0v) is 19.9. The molecule has 6 heteroatoms. The molecule has 0 amide bonds. The van der Waals surface area contributed by atoms with E-state index in [1.54, 1.807) is 0 Å². The normalized spacial score (nSPS) is 26.0. The van der Waals surface area contributed by atoms with E-state index in [9.17, 15) is 0 Å². The highest BCUT2D eigenvalue weighted by Gasteiger charge is 2.29. The maximum Gasteiger partial charge on any atom is 0.191 e. The fourth-order valence-electron chi connectivity index (χ4n) is 3.92. The van der Waals surface area contributed by atoms with E-state index in [2.05, 4.69) is 69.5 Å². The fourth-order valence-corrected chi connectivity index (χ4v) is 5.17. The molecule has 3 rings (SSSR count). The predicted octanol–water partition coefficient (Wildman–Crippen LogP) is 3.62. The van der Waals surface area contributed by atoms with Crippen LogP contribution in [0.25, 0.3) is 0 Å². The molecule has 2 atom stereocenters. The number of nitrogens with zero attached hydrogens (tertiary/aromatic N) is 2. The van der Waals surface area contributed by atoms with E-state index in [1.165, 1.54) is 50.2 Å². The van der Waals surface area contributed by atoms with Crippen LogP contribution in [0, 0.1) is 5.92 Å². The second-order valence-corrected chi connectivity index (χ2v) is 9.58. The topological polar surface area (TPSA) is 39.7 Å². The Hall–Kier alpha value is -0.470. The van der Waals surface area contributed by atoms with Crippen molar-refractivity contribution in [3.8, 4) is 0 Å². The minimum absolute atomic E-state index is 0. The Balaban J connectivity index is 0.00000261. The molecule has 27 heavy (non-hydrogen) atoms. The lowest BCUT2D eigenvalue weighted by molar-refractivity contribution is 0.328. The molecule has 2 fully saturated rings. The third kappa shape index (κ3) is 7.46. The van der Waals surface area contributed by atoms with E-state index in [1.807, 2.05) is 7.05 Å². The van der Waals surface area contributed by atoms with Gasteiger partial charge in [-0.25, -0.2) is 0 Å². The molecule has 0 radical (unpaired) electrons. The van der Waals surface area contributed by atoms with Crippen LogP contribution in [0.4, 0.5) is 0 Å². The van der Waals surface area contributed by atoms with Gasteiger partial charge in [-0.1, -0.05) is 30.3 Å². The van der Waals surface area contributed by atoms with Crippen LogP contribution >= 0.6 is 35.7 Å². The maximum atomic E-state index is 4.41. The van der Waals surface area contributed by atoms with Crippen molar-refractivity contribution in [2.45, 2.75) is 37.4 Å². The third-order valence-electron chi connectivity index (χ3n) is 5.64. The van der Waals surface area contributed by atoms with Gasteiger partial charge in [0.1, 0.15) is 0 Å². The van der Waals surface area contributed by atoms with E-state index in [0.717, 1.165) is 31.4 Å². The molecule has 0 aliphatic carbocycles. The first kappa shape index (κ1) is 22.8. The van der Waals surface area contributed by atoms with Crippen molar-refractivity contribution in [2.24, 2.45) is 10.9 Å². The smallest absolute Gasteiger partial charge is 0.191 e. The second kappa shape index (κ2) is 11.5. The number of hydrogen-bond acceptors (Lipinski definition) is 3. The number of rotatable bonds is 7. The Morgan fingerprint density at radius 3 is 2.81 bits per heavy atom. The zero-order chi connectivity index (χ0) is 18.2. The molecule has 0 saturated carbocycles. The number of hydrogen-bond donors (Lipinski definition) is 2. The fraction of sp³-hybridized carbons (Fsp3) is 0.667. The van der Waals surface area contributed by atoms with E-state index >= 15 is 0 Å². The van der Waals surface area contributed by atoms with E-state index in [-0.39, 0.29) is 24.0 Å². The van der Waals surface area contributed by atoms with Crippen LogP contribution in [-0.2, 0) is 6.42 Å². The number of benzene rings is 1. The molecule has 2 N–H and O–H groups in total. The van der Waals surface area contributed by atoms with E-state index in [4.69, 9.17) is 0 Å². The molecule has 2 unspecified atom stereocenters. The van der Waals surface area contributed by atoms with Crippen molar-refractivity contribution in [2.75, 3.05) is 45.5 Å². The van der Waals surface area contributed by atoms with Crippen LogP contribution in [0.5, 0.6) is 0 Å². The van der Waals surface area contributed by atoms with Gasteiger partial charge in [0.15, 0.2) is 5.96 Å². The molecule has 1 aromatic rings. The Kier molecular flexibility index (Phi) is 9.73. The second-order valence-electron chi connectivity index (χ2n) is 7.90. The summed E-state index contributed by atoms with van der Waals surface area (Å²) in [5, 5.41) is 7.09. The summed E-state index contributed by atoms with van der Waals surface area (Å²) in [6.45, 7) is 7.98. The van der Waals surface area contributed by atoms with Gasteiger partial charge >= 0.3 is 0 Å². The lowest BCUT2D eigenvalue weighted by Gasteiger charge is -2.25. The molecule has 152 valence electrons. The van der Waals surface area contributed by atoms with Crippen LogP contribution in [-0.4, -0.2) is 61.1 Å². The summed E-state index contributed by atoms with van der Waals surface area (Å²) in [7, 11) is 1.88. The Morgan fingerprint density at radius 2 is 2.11 bits per heavy atom. The van der Waals surface area contributed by atoms with Gasteiger partial charge in [-0.05, 0) is 56.4 Å². The molecule has 0 spiro atoms. The molecule has 0 aromatic heterocycles. The first-order valence-electron chi connectivity index (χ1n) is 10.0. The number of guanidine groups is 1. The van der Waals surface area contributed by atoms with Crippen LogP contribution in [0.1, 0.15) is 31.7 Å². The van der Waals surface area contributed by atoms with Gasteiger partial charge in [-0.3, -0.25) is 4.99 Å². The van der Waals surface area contributed by atoms with Gasteiger partial charge in [0.2, 0.25) is 0 Å². The van der Waals surface area contributed by atoms with Crippen molar-refractivity contribution < 1.29 is 0 Å². The molecule has 2 saturated heterocycles. The minimum atomic E-state index is 0. The standard InChI is InChI=1S/C21H34N4S.HI/c1-21(11-6-14-26-21)17-24-20(22-2)23-15-19-10-13-25(16-19)12-9-18-7-4-3-5-8-18;/h3-5,7-8,19H,6,9-17H2,1-2H3,(H2,22,23,24);1H. The zero-order valence-electron chi connectivity index (χ0n) is 16.7. The summed E-state index contributed by atoms with van der Waals surface area (Å²) in [6, 6.07) is 10.8. The predicted molar refractivity (Wildman–Crippen MR) is 130 cm³/mol. The highest BCUT2D eigenvalue weighted by atomic mass is 127. The first-order chi connectivity index (χ1) is 12.7.